The summed E-state index contributed by atoms with van der Waals surface area (Å²) in [5.41, 5.74) is 0.392. The Labute approximate surface area is 617 Å². The van der Waals surface area contributed by atoms with E-state index in [1.165, 1.54) is 56.7 Å². The zero-order chi connectivity index (χ0) is 81.4. The van der Waals surface area contributed by atoms with E-state index in [9.17, 15) is 0 Å². The lowest BCUT2D eigenvalue weighted by Crippen LogP contribution is -3.19. The molecule has 0 aromatic carbocycles. The Morgan fingerprint density at radius 2 is 0.588 bits per heavy atom. The van der Waals surface area contributed by atoms with Crippen LogP contribution in [0.2, 0.25) is 0 Å². The van der Waals surface area contributed by atoms with Crippen LogP contribution < -0.4 is 65.0 Å². The number of rotatable bonds is 50. The molecular weight excluding hydrogens is 1340 g/mol. The standard InChI is InChI=1S/C10H23NO.C8H19NO3.2C8H19NO2.2C5H14N2O2.C5H13NO2.C5H13NO.2C4H11NO3.C4H11NO2/c1-5-6-7-11(8-9-12)10(2,3)4;10-6-1-3-9(5-8-12)4-2-7-11;1-8(2,3)9(4-6-10)5-7-11;1-2-3-4-9(5-7-10)6-8-11;2*1-7(9)4-2-6-3-5-8;1-2-6(5-8)3-4-7;1-5(7)4-6(2)3;6-3-1-5(8)2-4-7;6-2-1-5(3-7)4-8;1-5(2)3-4(6)7/h12H,5-9H2,1-4H3;10-12H,1-8H2;10-11H,4-7H2,1-3H3;10-11H,2-8H2,1H3;2*6,8-9H,2-5H2,1H3;7-8H,2-5H2,1H3;5,7H,4H2,1-3H3;2*6-8H,1-4H2;4,6-7H,3H2,1-2H3/p+13. The molecule has 0 aromatic heterocycles. The van der Waals surface area contributed by atoms with Crippen molar-refractivity contribution in [2.45, 2.75) is 131 Å². The molecule has 36 nitrogen and oxygen atoms in total. The van der Waals surface area contributed by atoms with E-state index in [-0.39, 0.29) is 141 Å². The Bertz CT molecular complexity index is 1320. The van der Waals surface area contributed by atoms with Crippen LogP contribution in [-0.2, 0) is 0 Å². The molecule has 5 unspecified atom stereocenters. The number of hydrogen-bond donors (Lipinski definition) is 36. The van der Waals surface area contributed by atoms with Crippen LogP contribution in [-0.4, -0.2) is 447 Å². The highest BCUT2D eigenvalue weighted by molar-refractivity contribution is 4.57. The summed E-state index contributed by atoms with van der Waals surface area (Å²) in [6.45, 7) is 40.0. The van der Waals surface area contributed by atoms with Crippen molar-refractivity contribution in [3.05, 3.63) is 0 Å². The van der Waals surface area contributed by atoms with Gasteiger partial charge in [-0.15, -0.1) is 0 Å². The Hall–Kier alpha value is -1.44. The van der Waals surface area contributed by atoms with Crippen molar-refractivity contribution in [2.24, 2.45) is 0 Å². The average Bonchev–Trinajstić information content (AvgIpc) is 0.915. The largest absolute Gasteiger partial charge is 0.396 e. The molecule has 102 heavy (non-hydrogen) atoms. The van der Waals surface area contributed by atoms with Crippen LogP contribution in [0.3, 0.4) is 0 Å². The summed E-state index contributed by atoms with van der Waals surface area (Å²) < 4.78 is 0. The lowest BCUT2D eigenvalue weighted by atomic mass is 10.1. The highest BCUT2D eigenvalue weighted by Crippen LogP contribution is 1.93. The van der Waals surface area contributed by atoms with E-state index in [0.717, 1.165) is 114 Å². The second kappa shape index (κ2) is 102. The van der Waals surface area contributed by atoms with E-state index in [2.05, 4.69) is 55.4 Å². The maximum absolute atomic E-state index is 8.88. The molecule has 0 aliphatic carbocycles. The zero-order valence-corrected chi connectivity index (χ0v) is 67.6. The Morgan fingerprint density at radius 1 is 0.304 bits per heavy atom. The quantitative estimate of drug-likeness (QED) is 0.0153. The molecule has 0 saturated carbocycles. The summed E-state index contributed by atoms with van der Waals surface area (Å²) in [4.78, 5) is 9.22. The molecular formula is C66H180N13O23+13. The molecule has 36 heteroatoms. The fourth-order valence-electron chi connectivity index (χ4n) is 8.18. The van der Waals surface area contributed by atoms with Gasteiger partial charge >= 0.3 is 0 Å². The number of quaternary nitrogens is 13. The fraction of sp³-hybridized carbons (Fsp3) is 1.00. The van der Waals surface area contributed by atoms with E-state index >= 15 is 0 Å². The van der Waals surface area contributed by atoms with E-state index < -0.39 is 6.29 Å². The zero-order valence-electron chi connectivity index (χ0n) is 67.6. The maximum atomic E-state index is 8.88. The SMILES string of the molecule is CC(C)(C)[NH+](CCO)CCO.CC(O)C[NH+](C)C.CCCC[NH+](CCO)C(C)(C)C.CCCC[NH+](CCO)CCO.CC[NH+](CO)CCO.C[NH+](C)CC(O)O.C[NH+](O)CC[NH2+]CCO.C[NH+](O)CC[NH2+]CCO.OCCC[NH+](CCO)CCCO.OCC[NH+](CO)CO.OCC[NH+](O)CCO. The third-order valence-corrected chi connectivity index (χ3v) is 14.1. The molecule has 0 spiro atoms. The number of aliphatic hydroxyl groups excluding tert-OH is 19. The second-order valence-corrected chi connectivity index (χ2v) is 27.0. The van der Waals surface area contributed by atoms with E-state index in [4.69, 9.17) is 118 Å². The monoisotopic (exact) mass is 1520 g/mol. The predicted octanol–water partition coefficient (Wildman–Crippen LogP) is -23.9. The van der Waals surface area contributed by atoms with Gasteiger partial charge in [0.2, 0.25) is 6.29 Å². The van der Waals surface area contributed by atoms with Crippen LogP contribution in [0, 0.1) is 0 Å². The summed E-state index contributed by atoms with van der Waals surface area (Å²) in [5, 5.41) is 201. The number of hydrogen-bond acceptors (Lipinski definition) is 23. The van der Waals surface area contributed by atoms with Crippen LogP contribution in [0.1, 0.15) is 108 Å². The molecule has 0 saturated heterocycles. The number of unbranched alkanes of at least 4 members (excludes halogenated alkanes) is 2. The average molecular weight is 1520 g/mol. The molecule has 0 aliphatic heterocycles. The predicted molar refractivity (Wildman–Crippen MR) is 392 cm³/mol. The third-order valence-electron chi connectivity index (χ3n) is 14.1. The molecule has 0 fully saturated rings. The summed E-state index contributed by atoms with van der Waals surface area (Å²) in [7, 11) is 11.1. The molecule has 5 atom stereocenters. The molecule has 0 aromatic rings. The highest BCUT2D eigenvalue weighted by Gasteiger charge is 2.24. The highest BCUT2D eigenvalue weighted by atomic mass is 16.5. The summed E-state index contributed by atoms with van der Waals surface area (Å²) in [6.07, 6.45) is 5.06. The Balaban J connectivity index is -0.0000000997. The first-order valence-corrected chi connectivity index (χ1v) is 37.2. The minimum atomic E-state index is -1.16. The van der Waals surface area contributed by atoms with Gasteiger partial charge in [-0.1, -0.05) is 26.7 Å². The Morgan fingerprint density at radius 3 is 0.784 bits per heavy atom. The normalized spacial score (nSPS) is 12.5. The topological polar surface area (TPSA) is 547 Å². The Kier molecular flexibility index (Phi) is 124. The van der Waals surface area contributed by atoms with Crippen molar-refractivity contribution in [3.8, 4) is 0 Å². The first-order valence-electron chi connectivity index (χ1n) is 37.2. The van der Waals surface area contributed by atoms with Crippen LogP contribution in [0.15, 0.2) is 0 Å². The van der Waals surface area contributed by atoms with E-state index in [1.807, 2.05) is 45.7 Å². The number of aliphatic hydroxyl groups is 20. The smallest absolute Gasteiger partial charge is 0.202 e. The summed E-state index contributed by atoms with van der Waals surface area (Å²) >= 11 is 0. The molecule has 0 rings (SSSR count). The van der Waals surface area contributed by atoms with Gasteiger partial charge in [-0.25, -0.2) is 15.6 Å². The van der Waals surface area contributed by atoms with E-state index in [1.54, 1.807) is 21.0 Å². The van der Waals surface area contributed by atoms with Gasteiger partial charge in [-0.2, -0.15) is 15.2 Å². The van der Waals surface area contributed by atoms with Crippen molar-refractivity contribution in [3.63, 3.8) is 0 Å². The number of likely N-dealkylation sites (N-methyl/N-ethyl adjacent to an activating group) is 5. The molecule has 634 valence electrons. The first kappa shape index (κ1) is 124. The van der Waals surface area contributed by atoms with Gasteiger partial charge < -0.3 is 147 Å². The minimum absolute atomic E-state index is 0.00352. The molecule has 0 heterocycles. The summed E-state index contributed by atoms with van der Waals surface area (Å²) in [6, 6.07) is 0. The third kappa shape index (κ3) is 131. The van der Waals surface area contributed by atoms with Gasteiger partial charge in [0.1, 0.15) is 97.7 Å². The van der Waals surface area contributed by atoms with Gasteiger partial charge in [0.05, 0.1) is 178 Å². The van der Waals surface area contributed by atoms with Crippen molar-refractivity contribution in [2.75, 3.05) is 306 Å². The fourth-order valence-corrected chi connectivity index (χ4v) is 8.18. The molecule has 0 amide bonds. The van der Waals surface area contributed by atoms with Gasteiger partial charge in [0, 0.05) is 26.1 Å². The molecule has 38 N–H and O–H groups in total. The van der Waals surface area contributed by atoms with Crippen LogP contribution >= 0.6 is 0 Å². The maximum Gasteiger partial charge on any atom is 0.202 e. The van der Waals surface area contributed by atoms with E-state index in [0.29, 0.717) is 60.9 Å². The van der Waals surface area contributed by atoms with Crippen molar-refractivity contribution in [1.29, 1.82) is 0 Å². The van der Waals surface area contributed by atoms with Gasteiger partial charge in [-0.3, -0.25) is 4.90 Å². The van der Waals surface area contributed by atoms with Crippen LogP contribution in [0.4, 0.5) is 0 Å². The lowest BCUT2D eigenvalue weighted by Gasteiger charge is -2.31. The number of hydroxylamine groups is 6. The minimum Gasteiger partial charge on any atom is -0.396 e. The van der Waals surface area contributed by atoms with Crippen LogP contribution in [0.5, 0.6) is 0 Å². The molecule has 0 aliphatic rings. The number of nitrogens with two attached hydrogens (primary N) is 2. The van der Waals surface area contributed by atoms with Gasteiger partial charge in [-0.05, 0) is 68.2 Å². The second-order valence-electron chi connectivity index (χ2n) is 27.0. The number of nitrogens with one attached hydrogen (secondary N) is 11. The van der Waals surface area contributed by atoms with Crippen molar-refractivity contribution >= 4 is 0 Å². The van der Waals surface area contributed by atoms with Crippen molar-refractivity contribution < 1.29 is 183 Å². The van der Waals surface area contributed by atoms with Crippen molar-refractivity contribution in [1.82, 2.24) is 0 Å². The van der Waals surface area contributed by atoms with Gasteiger partial charge in [0.25, 0.3) is 0 Å². The van der Waals surface area contributed by atoms with Crippen LogP contribution in [0.25, 0.3) is 0 Å². The summed E-state index contributed by atoms with van der Waals surface area (Å²) in [5.74, 6) is 0. The molecule has 0 bridgehead atoms. The lowest BCUT2D eigenvalue weighted by molar-refractivity contribution is -1.09. The van der Waals surface area contributed by atoms with Gasteiger partial charge in [0.15, 0.2) is 33.3 Å². The molecule has 0 radical (unpaired) electrons. The first-order chi connectivity index (χ1) is 48.0.